The molecule has 7 heteroatoms. The fraction of sp³-hybridized carbons (Fsp3) is 0.182. The van der Waals surface area contributed by atoms with Crippen LogP contribution < -0.4 is 0 Å². The summed E-state index contributed by atoms with van der Waals surface area (Å²) < 4.78 is 15.2. The Balaban J connectivity index is 1.42. The number of hydrogen-bond donors (Lipinski definition) is 0. The van der Waals surface area contributed by atoms with E-state index in [1.165, 1.54) is 12.1 Å². The lowest BCUT2D eigenvalue weighted by atomic mass is 10.1. The van der Waals surface area contributed by atoms with E-state index in [-0.39, 0.29) is 22.4 Å². The van der Waals surface area contributed by atoms with Crippen molar-refractivity contribution in [1.82, 2.24) is 14.4 Å². The van der Waals surface area contributed by atoms with Crippen LogP contribution in [0.3, 0.4) is 0 Å². The van der Waals surface area contributed by atoms with Gasteiger partial charge >= 0.3 is 0 Å². The van der Waals surface area contributed by atoms with Gasteiger partial charge < -0.3 is 14.4 Å². The number of benzene rings is 2. The van der Waals surface area contributed by atoms with Gasteiger partial charge in [-0.2, -0.15) is 0 Å². The molecule has 2 heterocycles. The average Bonchev–Trinajstić information content (AvgIpc) is 3.28. The second-order valence-electron chi connectivity index (χ2n) is 6.85. The number of rotatable bonds is 3. The maximum atomic E-state index is 13.2. The van der Waals surface area contributed by atoms with E-state index < -0.39 is 5.82 Å². The lowest BCUT2D eigenvalue weighted by Crippen LogP contribution is -2.50. The topological polar surface area (TPSA) is 45.6 Å². The minimum absolute atomic E-state index is 0.0640. The second kappa shape index (κ2) is 8.09. The molecule has 0 radical (unpaired) electrons. The van der Waals surface area contributed by atoms with E-state index in [0.29, 0.717) is 31.7 Å². The molecule has 1 aliphatic heterocycles. The monoisotopic (exact) mass is 411 g/mol. The van der Waals surface area contributed by atoms with E-state index >= 15 is 0 Å². The summed E-state index contributed by atoms with van der Waals surface area (Å²) in [6.45, 7) is 1.65. The van der Waals surface area contributed by atoms with Gasteiger partial charge in [0, 0.05) is 49.8 Å². The molecule has 148 valence electrons. The van der Waals surface area contributed by atoms with Crippen LogP contribution in [0.15, 0.2) is 67.0 Å². The van der Waals surface area contributed by atoms with Crippen molar-refractivity contribution in [3.8, 4) is 5.69 Å². The number of piperazine rings is 1. The summed E-state index contributed by atoms with van der Waals surface area (Å²) in [7, 11) is 0. The molecule has 4 rings (SSSR count). The van der Waals surface area contributed by atoms with Gasteiger partial charge in [0.2, 0.25) is 0 Å². The van der Waals surface area contributed by atoms with Crippen LogP contribution in [0.2, 0.25) is 5.02 Å². The molecular formula is C22H19ClFN3O2. The molecule has 1 aliphatic rings. The molecule has 2 aromatic carbocycles. The molecule has 0 unspecified atom stereocenters. The quantitative estimate of drug-likeness (QED) is 0.656. The largest absolute Gasteiger partial charge is 0.335 e. The third-order valence-corrected chi connectivity index (χ3v) is 5.32. The number of carbonyl (C=O) groups is 2. The van der Waals surface area contributed by atoms with Gasteiger partial charge in [0.15, 0.2) is 0 Å². The van der Waals surface area contributed by atoms with Crippen molar-refractivity contribution in [1.29, 1.82) is 0 Å². The number of nitrogens with zero attached hydrogens (tertiary/aromatic N) is 3. The fourth-order valence-corrected chi connectivity index (χ4v) is 3.68. The van der Waals surface area contributed by atoms with Gasteiger partial charge in [0.05, 0.1) is 10.6 Å². The average molecular weight is 412 g/mol. The third kappa shape index (κ3) is 4.03. The van der Waals surface area contributed by atoms with Crippen LogP contribution in [0, 0.1) is 5.82 Å². The molecule has 3 aromatic rings. The van der Waals surface area contributed by atoms with Crippen molar-refractivity contribution in [2.45, 2.75) is 0 Å². The Kier molecular flexibility index (Phi) is 5.36. The Hall–Kier alpha value is -3.12. The van der Waals surface area contributed by atoms with E-state index in [1.807, 2.05) is 47.3 Å². The van der Waals surface area contributed by atoms with E-state index in [2.05, 4.69) is 0 Å². The summed E-state index contributed by atoms with van der Waals surface area (Å²) in [5.41, 5.74) is 1.80. The maximum absolute atomic E-state index is 13.2. The lowest BCUT2D eigenvalue weighted by Gasteiger charge is -2.35. The van der Waals surface area contributed by atoms with E-state index in [0.717, 1.165) is 11.8 Å². The number of hydrogen-bond acceptors (Lipinski definition) is 2. The Morgan fingerprint density at radius 3 is 2.14 bits per heavy atom. The van der Waals surface area contributed by atoms with E-state index in [9.17, 15) is 14.0 Å². The zero-order chi connectivity index (χ0) is 20.4. The molecular weight excluding hydrogens is 393 g/mol. The second-order valence-corrected chi connectivity index (χ2v) is 7.26. The SMILES string of the molecule is O=C(c1cccc(-n2cccc2)c1)N1CCN(C(=O)c2ccc(F)cc2Cl)CC1. The first-order valence-electron chi connectivity index (χ1n) is 9.30. The highest BCUT2D eigenvalue weighted by Crippen LogP contribution is 2.20. The van der Waals surface area contributed by atoms with Crippen LogP contribution in [0.1, 0.15) is 20.7 Å². The molecule has 0 atom stereocenters. The fourth-order valence-electron chi connectivity index (χ4n) is 3.43. The minimum atomic E-state index is -0.482. The molecule has 2 amide bonds. The van der Waals surface area contributed by atoms with Crippen LogP contribution >= 0.6 is 11.6 Å². The molecule has 0 aliphatic carbocycles. The summed E-state index contributed by atoms with van der Waals surface area (Å²) in [6.07, 6.45) is 3.85. The molecule has 1 saturated heterocycles. The van der Waals surface area contributed by atoms with Crippen molar-refractivity contribution in [2.24, 2.45) is 0 Å². The first-order valence-corrected chi connectivity index (χ1v) is 9.68. The van der Waals surface area contributed by atoms with Gasteiger partial charge in [-0.1, -0.05) is 17.7 Å². The molecule has 0 spiro atoms. The van der Waals surface area contributed by atoms with Crippen LogP contribution in [-0.2, 0) is 0 Å². The van der Waals surface area contributed by atoms with Crippen LogP contribution in [0.5, 0.6) is 0 Å². The summed E-state index contributed by atoms with van der Waals surface area (Å²) in [4.78, 5) is 29.0. The zero-order valence-corrected chi connectivity index (χ0v) is 16.3. The maximum Gasteiger partial charge on any atom is 0.255 e. The normalized spacial score (nSPS) is 14.1. The third-order valence-electron chi connectivity index (χ3n) is 5.01. The highest BCUT2D eigenvalue weighted by atomic mass is 35.5. The summed E-state index contributed by atoms with van der Waals surface area (Å²) >= 11 is 6.01. The highest BCUT2D eigenvalue weighted by Gasteiger charge is 2.26. The van der Waals surface area contributed by atoms with Gasteiger partial charge in [-0.15, -0.1) is 0 Å². The molecule has 0 N–H and O–H groups in total. The Morgan fingerprint density at radius 2 is 1.48 bits per heavy atom. The van der Waals surface area contributed by atoms with E-state index in [1.54, 1.807) is 15.9 Å². The molecule has 0 bridgehead atoms. The predicted octanol–water partition coefficient (Wildman–Crippen LogP) is 3.87. The van der Waals surface area contributed by atoms with Crippen LogP contribution in [0.4, 0.5) is 4.39 Å². The Bertz CT molecular complexity index is 1040. The van der Waals surface area contributed by atoms with Crippen molar-refractivity contribution in [3.05, 3.63) is 89.0 Å². The van der Waals surface area contributed by atoms with Gasteiger partial charge in [0.25, 0.3) is 11.8 Å². The smallest absolute Gasteiger partial charge is 0.255 e. The molecule has 1 aromatic heterocycles. The van der Waals surface area contributed by atoms with Gasteiger partial charge in [-0.05, 0) is 48.5 Å². The first kappa shape index (κ1) is 19.2. The van der Waals surface area contributed by atoms with Crippen LogP contribution in [0.25, 0.3) is 5.69 Å². The minimum Gasteiger partial charge on any atom is -0.335 e. The zero-order valence-electron chi connectivity index (χ0n) is 15.6. The standard InChI is InChI=1S/C22H19ClFN3O2/c23-20-15-17(24)6-7-19(20)22(29)27-12-10-26(11-13-27)21(28)16-4-3-5-18(14-16)25-8-1-2-9-25/h1-9,14-15H,10-13H2. The van der Waals surface area contributed by atoms with Gasteiger partial charge in [-0.3, -0.25) is 9.59 Å². The van der Waals surface area contributed by atoms with Crippen molar-refractivity contribution in [2.75, 3.05) is 26.2 Å². The molecule has 1 fully saturated rings. The summed E-state index contributed by atoms with van der Waals surface area (Å²) in [5.74, 6) is -0.799. The first-order chi connectivity index (χ1) is 14.0. The summed E-state index contributed by atoms with van der Waals surface area (Å²) in [6, 6.07) is 15.1. The van der Waals surface area contributed by atoms with Gasteiger partial charge in [-0.25, -0.2) is 4.39 Å². The molecule has 0 saturated carbocycles. The van der Waals surface area contributed by atoms with Crippen molar-refractivity contribution in [3.63, 3.8) is 0 Å². The van der Waals surface area contributed by atoms with Gasteiger partial charge in [0.1, 0.15) is 5.82 Å². The predicted molar refractivity (Wildman–Crippen MR) is 109 cm³/mol. The van der Waals surface area contributed by atoms with Crippen molar-refractivity contribution < 1.29 is 14.0 Å². The Morgan fingerprint density at radius 1 is 0.828 bits per heavy atom. The van der Waals surface area contributed by atoms with Crippen LogP contribution in [-0.4, -0.2) is 52.4 Å². The molecule has 29 heavy (non-hydrogen) atoms. The van der Waals surface area contributed by atoms with E-state index in [4.69, 9.17) is 11.6 Å². The van der Waals surface area contributed by atoms with Crippen molar-refractivity contribution >= 4 is 23.4 Å². The number of aromatic nitrogens is 1. The Labute approximate surface area is 172 Å². The number of halogens is 2. The lowest BCUT2D eigenvalue weighted by molar-refractivity contribution is 0.0535. The number of amides is 2. The summed E-state index contributed by atoms with van der Waals surface area (Å²) in [5, 5.41) is 0.0929. The molecule has 5 nitrogen and oxygen atoms in total. The number of carbonyl (C=O) groups excluding carboxylic acids is 2. The highest BCUT2D eigenvalue weighted by molar-refractivity contribution is 6.33.